The molecule has 37 heavy (non-hydrogen) atoms. The molecule has 0 spiro atoms. The normalized spacial score (nSPS) is 17.6. The fourth-order valence-corrected chi connectivity index (χ4v) is 4.25. The largest absolute Gasteiger partial charge is 0.479 e. The maximum Gasteiger partial charge on any atom is 0.319 e. The fraction of sp³-hybridized carbons (Fsp3) is 0.435. The summed E-state index contributed by atoms with van der Waals surface area (Å²) in [4.78, 5) is 19.5. The summed E-state index contributed by atoms with van der Waals surface area (Å²) >= 11 is 0. The monoisotopic (exact) mass is 519 g/mol. The molecule has 2 aromatic heterocycles. The van der Waals surface area contributed by atoms with Crippen molar-refractivity contribution in [2.24, 2.45) is 5.11 Å². The molecule has 0 aliphatic carbocycles. The second-order valence-corrected chi connectivity index (χ2v) is 8.76. The molecule has 0 radical (unpaired) electrons. The van der Waals surface area contributed by atoms with E-state index in [0.717, 1.165) is 0 Å². The van der Waals surface area contributed by atoms with Crippen LogP contribution in [0, 0.1) is 5.53 Å². The van der Waals surface area contributed by atoms with Gasteiger partial charge in [0.15, 0.2) is 0 Å². The number of hydrogen-bond acceptors (Lipinski definition) is 8. The quantitative estimate of drug-likeness (QED) is 0.383. The zero-order chi connectivity index (χ0) is 26.7. The highest BCUT2D eigenvalue weighted by Crippen LogP contribution is 2.36. The Labute approximate surface area is 211 Å². The first-order chi connectivity index (χ1) is 17.7. The van der Waals surface area contributed by atoms with E-state index in [9.17, 15) is 18.0 Å². The minimum Gasteiger partial charge on any atom is -0.479 e. The highest BCUT2D eigenvalue weighted by Gasteiger charge is 2.33. The number of nitrogens with one attached hydrogen (secondary N) is 3. The summed E-state index contributed by atoms with van der Waals surface area (Å²) in [5, 5.41) is 13.5. The molecule has 2 amide bonds. The molecule has 0 saturated carbocycles. The van der Waals surface area contributed by atoms with Gasteiger partial charge in [0.1, 0.15) is 17.4 Å². The summed E-state index contributed by atoms with van der Waals surface area (Å²) in [6, 6.07) is 5.82. The number of amides is 2. The van der Waals surface area contributed by atoms with Crippen molar-refractivity contribution in [1.82, 2.24) is 24.4 Å². The van der Waals surface area contributed by atoms with Gasteiger partial charge >= 0.3 is 6.03 Å². The third kappa shape index (κ3) is 5.52. The number of piperidine rings is 1. The average Bonchev–Trinajstić information content (AvgIpc) is 3.31. The summed E-state index contributed by atoms with van der Waals surface area (Å²) in [5.74, 6) is 0.388. The van der Waals surface area contributed by atoms with Crippen molar-refractivity contribution >= 4 is 28.9 Å². The van der Waals surface area contributed by atoms with Gasteiger partial charge in [0.05, 0.1) is 31.9 Å². The van der Waals surface area contributed by atoms with Gasteiger partial charge in [-0.05, 0) is 30.2 Å². The zero-order valence-electron chi connectivity index (χ0n) is 20.6. The fourth-order valence-electron chi connectivity index (χ4n) is 4.25. The number of fused-ring (bicyclic) bond motifs is 1. The molecule has 1 aliphatic rings. The molecule has 3 N–H and O–H groups in total. The van der Waals surface area contributed by atoms with E-state index < -0.39 is 25.2 Å². The standard InChI is InChI=1S/C23H28F3N9O2/c1-33(2)23(36)34-8-7-16(15(24)12-34)29-22-30-21(37-3)20-14(6-9-35(20)32-22)13-4-5-17(31-27)18(10-13)28-11-19(25)26/h4-6,9-10,15-16,19,27-28H,7-8,11-12H2,1-3H3,(H,29,32)/t15-,16+/m1/s1. The Morgan fingerprint density at radius 2 is 2.14 bits per heavy atom. The van der Waals surface area contributed by atoms with Crippen LogP contribution in [0.15, 0.2) is 35.6 Å². The molecule has 1 aliphatic heterocycles. The van der Waals surface area contributed by atoms with Gasteiger partial charge in [-0.15, -0.1) is 5.10 Å². The SMILES string of the molecule is COc1nc(N[C@H]2CCN(C(=O)N(C)C)C[C@H]2F)nn2ccc(-c3ccc(N=N)c(NCC(F)F)c3)c12. The Hall–Kier alpha value is -4.10. The maximum absolute atomic E-state index is 14.9. The van der Waals surface area contributed by atoms with Crippen molar-refractivity contribution in [1.29, 1.82) is 5.53 Å². The van der Waals surface area contributed by atoms with Crippen molar-refractivity contribution in [3.63, 3.8) is 0 Å². The number of benzene rings is 1. The Kier molecular flexibility index (Phi) is 7.64. The zero-order valence-corrected chi connectivity index (χ0v) is 20.6. The number of ether oxygens (including phenoxy) is 1. The Balaban J connectivity index is 1.60. The lowest BCUT2D eigenvalue weighted by Gasteiger charge is -2.36. The summed E-state index contributed by atoms with van der Waals surface area (Å²) in [6.07, 6.45) is -1.83. The molecule has 0 unspecified atom stereocenters. The number of anilines is 2. The number of alkyl halides is 3. The highest BCUT2D eigenvalue weighted by molar-refractivity contribution is 5.87. The molecule has 3 aromatic rings. The number of likely N-dealkylation sites (tertiary alicyclic amines) is 1. The van der Waals surface area contributed by atoms with Crippen LogP contribution in [0.3, 0.4) is 0 Å². The first-order valence-corrected chi connectivity index (χ1v) is 11.6. The van der Waals surface area contributed by atoms with Crippen LogP contribution >= 0.6 is 0 Å². The third-order valence-corrected chi connectivity index (χ3v) is 6.06. The summed E-state index contributed by atoms with van der Waals surface area (Å²) in [5.41, 5.74) is 9.65. The van der Waals surface area contributed by atoms with Crippen molar-refractivity contribution in [2.45, 2.75) is 25.1 Å². The topological polar surface area (TPSA) is 123 Å². The molecule has 1 saturated heterocycles. The van der Waals surface area contributed by atoms with Gasteiger partial charge in [0.2, 0.25) is 11.8 Å². The van der Waals surface area contributed by atoms with E-state index in [2.05, 4.69) is 25.8 Å². The Morgan fingerprint density at radius 3 is 2.78 bits per heavy atom. The van der Waals surface area contributed by atoms with Crippen molar-refractivity contribution < 1.29 is 22.7 Å². The van der Waals surface area contributed by atoms with Gasteiger partial charge in [0.25, 0.3) is 6.43 Å². The van der Waals surface area contributed by atoms with Crippen LogP contribution in [0.5, 0.6) is 5.88 Å². The molecule has 198 valence electrons. The molecule has 0 bridgehead atoms. The predicted octanol–water partition coefficient (Wildman–Crippen LogP) is 4.25. The van der Waals surface area contributed by atoms with Crippen LogP contribution in [-0.2, 0) is 0 Å². The van der Waals surface area contributed by atoms with E-state index in [0.29, 0.717) is 35.3 Å². The lowest BCUT2D eigenvalue weighted by Crippen LogP contribution is -2.52. The van der Waals surface area contributed by atoms with Crippen LogP contribution < -0.4 is 15.4 Å². The molecular weight excluding hydrogens is 491 g/mol. The minimum absolute atomic E-state index is 0.0374. The maximum atomic E-state index is 14.9. The summed E-state index contributed by atoms with van der Waals surface area (Å²) in [6.45, 7) is -0.226. The second kappa shape index (κ2) is 10.9. The Bertz CT molecular complexity index is 1280. The van der Waals surface area contributed by atoms with Crippen LogP contribution in [0.4, 0.5) is 35.3 Å². The van der Waals surface area contributed by atoms with Crippen LogP contribution in [0.25, 0.3) is 16.6 Å². The molecule has 2 atom stereocenters. The summed E-state index contributed by atoms with van der Waals surface area (Å²) < 4.78 is 47.4. The van der Waals surface area contributed by atoms with Crippen molar-refractivity contribution in [3.05, 3.63) is 30.5 Å². The number of carbonyl (C=O) groups excluding carboxylic acids is 1. The number of carbonyl (C=O) groups is 1. The molecule has 1 fully saturated rings. The molecule has 11 nitrogen and oxygen atoms in total. The Morgan fingerprint density at radius 1 is 1.35 bits per heavy atom. The van der Waals surface area contributed by atoms with Crippen LogP contribution in [0.1, 0.15) is 6.42 Å². The van der Waals surface area contributed by atoms with Gasteiger partial charge in [-0.1, -0.05) is 6.07 Å². The lowest BCUT2D eigenvalue weighted by atomic mass is 10.0. The van der Waals surface area contributed by atoms with Crippen molar-refractivity contribution in [3.8, 4) is 17.0 Å². The van der Waals surface area contributed by atoms with E-state index in [-0.39, 0.29) is 30.1 Å². The van der Waals surface area contributed by atoms with E-state index in [4.69, 9.17) is 10.3 Å². The van der Waals surface area contributed by atoms with Gasteiger partial charge in [-0.25, -0.2) is 28.0 Å². The number of aromatic nitrogens is 3. The van der Waals surface area contributed by atoms with Gasteiger partial charge in [-0.2, -0.15) is 10.1 Å². The predicted molar refractivity (Wildman–Crippen MR) is 132 cm³/mol. The number of rotatable bonds is 8. The summed E-state index contributed by atoms with van der Waals surface area (Å²) in [7, 11) is 4.70. The number of hydrogen-bond donors (Lipinski definition) is 3. The molecule has 3 heterocycles. The van der Waals surface area contributed by atoms with Crippen LogP contribution in [-0.4, -0.2) is 89.9 Å². The number of urea groups is 1. The minimum atomic E-state index is -2.57. The number of methoxy groups -OCH3 is 1. The lowest BCUT2D eigenvalue weighted by molar-refractivity contribution is 0.119. The number of halogens is 3. The molecule has 1 aromatic carbocycles. The second-order valence-electron chi connectivity index (χ2n) is 8.76. The molecular formula is C23H28F3N9O2. The molecule has 4 rings (SSSR count). The highest BCUT2D eigenvalue weighted by atomic mass is 19.3. The van der Waals surface area contributed by atoms with Crippen molar-refractivity contribution in [2.75, 3.05) is 51.5 Å². The van der Waals surface area contributed by atoms with E-state index >= 15 is 0 Å². The van der Waals surface area contributed by atoms with E-state index in [1.165, 1.54) is 21.4 Å². The average molecular weight is 520 g/mol. The smallest absolute Gasteiger partial charge is 0.319 e. The first-order valence-electron chi connectivity index (χ1n) is 11.6. The van der Waals surface area contributed by atoms with Gasteiger partial charge in [0, 0.05) is 32.4 Å². The van der Waals surface area contributed by atoms with Crippen LogP contribution in [0.2, 0.25) is 0 Å². The first kappa shape index (κ1) is 26.0. The van der Waals surface area contributed by atoms with E-state index in [1.54, 1.807) is 44.6 Å². The van der Waals surface area contributed by atoms with E-state index in [1.807, 2.05) is 0 Å². The number of nitrogens with zero attached hydrogens (tertiary/aromatic N) is 6. The van der Waals surface area contributed by atoms with Gasteiger partial charge in [-0.3, -0.25) is 0 Å². The molecule has 14 heteroatoms. The third-order valence-electron chi connectivity index (χ3n) is 6.06. The van der Waals surface area contributed by atoms with Gasteiger partial charge < -0.3 is 25.2 Å².